The zero-order valence-corrected chi connectivity index (χ0v) is 26.7. The molecule has 2 aromatic heterocycles. The molecule has 0 radical (unpaired) electrons. The first-order valence-corrected chi connectivity index (χ1v) is 16.5. The van der Waals surface area contributed by atoms with Crippen LogP contribution in [0.25, 0.3) is 11.2 Å². The van der Waals surface area contributed by atoms with Gasteiger partial charge in [-0.1, -0.05) is 50.7 Å². The molecule has 1 aliphatic heterocycles. The topological polar surface area (TPSA) is 197 Å². The number of aliphatic hydroxyl groups excluding tert-OH is 1. The summed E-state index contributed by atoms with van der Waals surface area (Å²) >= 11 is 1.04. The molecule has 45 heavy (non-hydrogen) atoms. The molecule has 242 valence electrons. The molecule has 0 bridgehead atoms. The van der Waals surface area contributed by atoms with Gasteiger partial charge in [0.25, 0.3) is 5.91 Å². The van der Waals surface area contributed by atoms with E-state index in [9.17, 15) is 19.3 Å². The number of benzene rings is 1. The largest absolute Gasteiger partial charge is 0.484 e. The molecule has 1 unspecified atom stereocenters. The zero-order valence-electron chi connectivity index (χ0n) is 25.0. The van der Waals surface area contributed by atoms with Gasteiger partial charge < -0.3 is 19.9 Å². The Morgan fingerprint density at radius 1 is 1.20 bits per heavy atom. The third kappa shape index (κ3) is 9.54. The van der Waals surface area contributed by atoms with Gasteiger partial charge >= 0.3 is 7.82 Å². The standard InChI is InChI=1S/C28H35N6O9PS/c1-28(2,3)27(37)45-13-12-41-44(38,40-11-7-10-29)43-20-14-23(42-21(20)15-35)34-18-32-24-25(30-17-31-26(24)34)33-22(36)16-39-19-8-5-4-6-9-19/h4-6,8-9,17-18,20-21,23,35H,7,11-16H2,1-3H3,(H,30,31,33,36)/t20-,21-,23-,44?/m1/s1. The van der Waals surface area contributed by atoms with Crippen LogP contribution in [0.1, 0.15) is 39.8 Å². The number of fused-ring (bicyclic) bond motifs is 1. The number of nitrogens with zero attached hydrogens (tertiary/aromatic N) is 5. The first-order valence-electron chi connectivity index (χ1n) is 14.1. The zero-order chi connectivity index (χ0) is 32.5. The Morgan fingerprint density at radius 3 is 2.67 bits per heavy atom. The van der Waals surface area contributed by atoms with Crippen molar-refractivity contribution >= 4 is 47.6 Å². The molecule has 1 fully saturated rings. The van der Waals surface area contributed by atoms with Crippen molar-refractivity contribution in [1.82, 2.24) is 19.5 Å². The maximum absolute atomic E-state index is 13.5. The van der Waals surface area contributed by atoms with Gasteiger partial charge in [-0.2, -0.15) is 5.26 Å². The van der Waals surface area contributed by atoms with E-state index in [1.807, 2.05) is 12.1 Å². The average Bonchev–Trinajstić information content (AvgIpc) is 3.63. The fraction of sp³-hybridized carbons (Fsp3) is 0.500. The number of nitrogens with one attached hydrogen (secondary N) is 1. The van der Waals surface area contributed by atoms with Gasteiger partial charge in [0.1, 0.15) is 30.5 Å². The van der Waals surface area contributed by atoms with E-state index in [1.54, 1.807) is 49.6 Å². The smallest absolute Gasteiger partial charge is 0.475 e. The quantitative estimate of drug-likeness (QED) is 0.176. The normalized spacial score (nSPS) is 19.6. The van der Waals surface area contributed by atoms with Crippen molar-refractivity contribution < 1.29 is 42.3 Å². The Balaban J connectivity index is 1.42. The molecule has 3 heterocycles. The monoisotopic (exact) mass is 662 g/mol. The Hall–Kier alpha value is -3.42. The SMILES string of the molecule is CC(C)(C)C(=O)SCCOP(=O)(OCCC#N)O[C@@H]1C[C@H](n2cnc3c(NC(=O)COc4ccccc4)ncnc32)O[C@@H]1CO. The molecule has 1 aromatic carbocycles. The minimum atomic E-state index is -4.23. The van der Waals surface area contributed by atoms with E-state index in [0.717, 1.165) is 11.8 Å². The van der Waals surface area contributed by atoms with E-state index >= 15 is 0 Å². The van der Waals surface area contributed by atoms with Crippen molar-refractivity contribution in [2.45, 2.75) is 52.0 Å². The number of phosphoric acid groups is 1. The van der Waals surface area contributed by atoms with E-state index in [0.29, 0.717) is 11.4 Å². The minimum absolute atomic E-state index is 0.0563. The second-order valence-electron chi connectivity index (χ2n) is 10.8. The van der Waals surface area contributed by atoms with Crippen LogP contribution in [0.3, 0.4) is 0 Å². The van der Waals surface area contributed by atoms with Gasteiger partial charge in [0.05, 0.1) is 38.6 Å². The fourth-order valence-electron chi connectivity index (χ4n) is 4.10. The number of hydrogen-bond donors (Lipinski definition) is 2. The number of para-hydroxylation sites is 1. The maximum Gasteiger partial charge on any atom is 0.475 e. The molecular weight excluding hydrogens is 627 g/mol. The highest BCUT2D eigenvalue weighted by atomic mass is 32.2. The molecule has 4 rings (SSSR count). The molecule has 4 atom stereocenters. The number of hydrogen-bond acceptors (Lipinski definition) is 14. The summed E-state index contributed by atoms with van der Waals surface area (Å²) in [5.41, 5.74) is 0.0663. The lowest BCUT2D eigenvalue weighted by Crippen LogP contribution is -2.27. The van der Waals surface area contributed by atoms with Crippen LogP contribution in [0, 0.1) is 16.7 Å². The minimum Gasteiger partial charge on any atom is -0.484 e. The van der Waals surface area contributed by atoms with Crippen LogP contribution in [0.5, 0.6) is 5.75 Å². The Labute approximate surface area is 264 Å². The fourth-order valence-corrected chi connectivity index (χ4v) is 6.39. The average molecular weight is 663 g/mol. The highest BCUT2D eigenvalue weighted by Crippen LogP contribution is 2.53. The first kappa shape index (κ1) is 34.5. The Bertz CT molecular complexity index is 1540. The van der Waals surface area contributed by atoms with Crippen molar-refractivity contribution in [2.75, 3.05) is 37.5 Å². The molecule has 0 aliphatic carbocycles. The van der Waals surface area contributed by atoms with Gasteiger partial charge in [0.2, 0.25) is 0 Å². The number of imidazole rings is 1. The number of aliphatic hydroxyl groups is 1. The highest BCUT2D eigenvalue weighted by molar-refractivity contribution is 8.13. The van der Waals surface area contributed by atoms with Gasteiger partial charge in [-0.05, 0) is 12.1 Å². The third-order valence-corrected chi connectivity index (χ3v) is 9.08. The van der Waals surface area contributed by atoms with Crippen LogP contribution in [0.4, 0.5) is 5.82 Å². The summed E-state index contributed by atoms with van der Waals surface area (Å²) in [6.45, 7) is 4.33. The number of anilines is 1. The molecule has 17 heteroatoms. The van der Waals surface area contributed by atoms with E-state index < -0.39 is 44.2 Å². The van der Waals surface area contributed by atoms with Gasteiger partial charge in [0, 0.05) is 17.6 Å². The summed E-state index contributed by atoms with van der Waals surface area (Å²) < 4.78 is 43.3. The number of carbonyl (C=O) groups is 2. The van der Waals surface area contributed by atoms with Crippen LogP contribution < -0.4 is 10.1 Å². The van der Waals surface area contributed by atoms with E-state index in [2.05, 4.69) is 20.3 Å². The lowest BCUT2D eigenvalue weighted by Gasteiger charge is -2.23. The van der Waals surface area contributed by atoms with Crippen molar-refractivity contribution in [3.8, 4) is 11.8 Å². The summed E-state index contributed by atoms with van der Waals surface area (Å²) in [6, 6.07) is 10.8. The molecule has 0 spiro atoms. The van der Waals surface area contributed by atoms with Crippen molar-refractivity contribution in [3.63, 3.8) is 0 Å². The van der Waals surface area contributed by atoms with Gasteiger partial charge in [0.15, 0.2) is 28.7 Å². The van der Waals surface area contributed by atoms with Crippen LogP contribution in [0.15, 0.2) is 43.0 Å². The maximum atomic E-state index is 13.5. The predicted octanol–water partition coefficient (Wildman–Crippen LogP) is 3.87. The second-order valence-corrected chi connectivity index (χ2v) is 13.5. The molecule has 0 saturated carbocycles. The summed E-state index contributed by atoms with van der Waals surface area (Å²) in [5.74, 6) is 0.457. The number of ether oxygens (including phenoxy) is 2. The first-order chi connectivity index (χ1) is 21.5. The number of phosphoric ester groups is 1. The number of aromatic nitrogens is 4. The summed E-state index contributed by atoms with van der Waals surface area (Å²) in [6.07, 6.45) is 0.124. The third-order valence-electron chi connectivity index (χ3n) is 6.31. The molecular formula is C28H35N6O9PS. The highest BCUT2D eigenvalue weighted by Gasteiger charge is 2.43. The lowest BCUT2D eigenvalue weighted by molar-refractivity contribution is -0.118. The number of nitriles is 1. The number of rotatable bonds is 15. The van der Waals surface area contributed by atoms with Crippen molar-refractivity contribution in [1.29, 1.82) is 5.26 Å². The van der Waals surface area contributed by atoms with Crippen LogP contribution in [-0.2, 0) is 32.5 Å². The molecule has 2 N–H and O–H groups in total. The van der Waals surface area contributed by atoms with Gasteiger partial charge in [-0.25, -0.2) is 19.5 Å². The van der Waals surface area contributed by atoms with Crippen molar-refractivity contribution in [2.24, 2.45) is 5.41 Å². The van der Waals surface area contributed by atoms with E-state index in [4.69, 9.17) is 28.3 Å². The van der Waals surface area contributed by atoms with Gasteiger partial charge in [-0.3, -0.25) is 27.7 Å². The lowest BCUT2D eigenvalue weighted by atomic mass is 10.00. The Morgan fingerprint density at radius 2 is 1.96 bits per heavy atom. The Kier molecular flexibility index (Phi) is 12.0. The summed E-state index contributed by atoms with van der Waals surface area (Å²) in [4.78, 5) is 37.5. The number of carbonyl (C=O) groups excluding carboxylic acids is 2. The molecule has 1 saturated heterocycles. The molecule has 3 aromatic rings. The molecule has 15 nitrogen and oxygen atoms in total. The van der Waals surface area contributed by atoms with E-state index in [1.165, 1.54) is 12.7 Å². The van der Waals surface area contributed by atoms with E-state index in [-0.39, 0.29) is 54.9 Å². The van der Waals surface area contributed by atoms with Crippen LogP contribution in [0.2, 0.25) is 0 Å². The number of amides is 1. The van der Waals surface area contributed by atoms with Crippen LogP contribution >= 0.6 is 19.6 Å². The second kappa shape index (κ2) is 15.7. The predicted molar refractivity (Wildman–Crippen MR) is 163 cm³/mol. The molecule has 1 amide bonds. The molecule has 1 aliphatic rings. The summed E-state index contributed by atoms with van der Waals surface area (Å²) in [7, 11) is -4.23. The van der Waals surface area contributed by atoms with Crippen molar-refractivity contribution in [3.05, 3.63) is 43.0 Å². The van der Waals surface area contributed by atoms with Crippen LogP contribution in [-0.4, -0.2) is 80.0 Å². The van der Waals surface area contributed by atoms with Gasteiger partial charge in [-0.15, -0.1) is 0 Å². The summed E-state index contributed by atoms with van der Waals surface area (Å²) in [5, 5.41) is 21.6. The number of thioether (sulfide) groups is 1.